The number of carbonyl (C=O) groups excluding carboxylic acids is 1. The van der Waals surface area contributed by atoms with Gasteiger partial charge in [-0.3, -0.25) is 14.5 Å². The number of thiophene rings is 1. The Morgan fingerprint density at radius 2 is 2.00 bits per heavy atom. The minimum atomic E-state index is -0.979. The average Bonchev–Trinajstić information content (AvgIpc) is 3.40. The number of piperidine rings is 1. The second-order valence-corrected chi connectivity index (χ2v) is 7.79. The number of likely N-dealkylation sites (tertiary alicyclic amines) is 1. The highest BCUT2D eigenvalue weighted by Gasteiger charge is 2.26. The molecule has 3 aromatic rings. The standard InChI is InChI=1S/C20H20N4O3S/c1-13-16(4-5-17(22-13)18-3-2-10-28-18)19(25)23-8-6-15(7-9-23)24-12-14(11-21-24)20(26)27/h2-5,10-12,15H,6-9H2,1H3,(H,26,27). The van der Waals surface area contributed by atoms with E-state index < -0.39 is 5.97 Å². The molecule has 1 saturated heterocycles. The molecule has 0 aliphatic carbocycles. The molecular formula is C20H20N4O3S. The van der Waals surface area contributed by atoms with Crippen molar-refractivity contribution in [2.75, 3.05) is 13.1 Å². The zero-order valence-corrected chi connectivity index (χ0v) is 16.2. The van der Waals surface area contributed by atoms with E-state index in [-0.39, 0.29) is 17.5 Å². The first-order valence-corrected chi connectivity index (χ1v) is 9.99. The van der Waals surface area contributed by atoms with Crippen molar-refractivity contribution in [3.05, 3.63) is 58.9 Å². The number of aryl methyl sites for hydroxylation is 1. The monoisotopic (exact) mass is 396 g/mol. The molecule has 0 atom stereocenters. The van der Waals surface area contributed by atoms with E-state index in [9.17, 15) is 9.59 Å². The first-order chi connectivity index (χ1) is 13.5. The van der Waals surface area contributed by atoms with Crippen LogP contribution in [0.2, 0.25) is 0 Å². The van der Waals surface area contributed by atoms with Crippen LogP contribution in [0.15, 0.2) is 42.0 Å². The van der Waals surface area contributed by atoms with Gasteiger partial charge >= 0.3 is 5.97 Å². The van der Waals surface area contributed by atoms with Gasteiger partial charge in [0.2, 0.25) is 0 Å². The quantitative estimate of drug-likeness (QED) is 0.729. The van der Waals surface area contributed by atoms with E-state index in [0.717, 1.165) is 29.1 Å². The highest BCUT2D eigenvalue weighted by atomic mass is 32.1. The first-order valence-electron chi connectivity index (χ1n) is 9.11. The van der Waals surface area contributed by atoms with E-state index in [1.54, 1.807) is 22.2 Å². The summed E-state index contributed by atoms with van der Waals surface area (Å²) in [6.07, 6.45) is 4.41. The Morgan fingerprint density at radius 3 is 2.61 bits per heavy atom. The smallest absolute Gasteiger partial charge is 0.338 e. The lowest BCUT2D eigenvalue weighted by Gasteiger charge is -2.32. The van der Waals surface area contributed by atoms with Gasteiger partial charge in [0.25, 0.3) is 5.91 Å². The van der Waals surface area contributed by atoms with Crippen molar-refractivity contribution >= 4 is 23.2 Å². The van der Waals surface area contributed by atoms with Gasteiger partial charge in [0.05, 0.1) is 39.6 Å². The number of aromatic carboxylic acids is 1. The Kier molecular flexibility index (Phi) is 4.95. The van der Waals surface area contributed by atoms with Crippen LogP contribution in [0, 0.1) is 6.92 Å². The molecule has 1 amide bonds. The second kappa shape index (κ2) is 7.55. The van der Waals surface area contributed by atoms with Gasteiger partial charge in [-0.05, 0) is 43.3 Å². The fraction of sp³-hybridized carbons (Fsp3) is 0.300. The molecule has 0 unspecified atom stereocenters. The summed E-state index contributed by atoms with van der Waals surface area (Å²) in [7, 11) is 0. The lowest BCUT2D eigenvalue weighted by atomic mass is 10.0. The van der Waals surface area contributed by atoms with Gasteiger partial charge in [-0.2, -0.15) is 5.10 Å². The normalized spacial score (nSPS) is 15.0. The number of hydrogen-bond donors (Lipinski definition) is 1. The summed E-state index contributed by atoms with van der Waals surface area (Å²) in [6.45, 7) is 3.09. The lowest BCUT2D eigenvalue weighted by molar-refractivity contribution is 0.0687. The van der Waals surface area contributed by atoms with Gasteiger partial charge in [0.15, 0.2) is 0 Å². The van der Waals surface area contributed by atoms with Crippen molar-refractivity contribution in [1.82, 2.24) is 19.7 Å². The third-order valence-electron chi connectivity index (χ3n) is 5.06. The fourth-order valence-corrected chi connectivity index (χ4v) is 4.20. The zero-order valence-electron chi connectivity index (χ0n) is 15.4. The summed E-state index contributed by atoms with van der Waals surface area (Å²) in [4.78, 5) is 31.5. The van der Waals surface area contributed by atoms with Crippen molar-refractivity contribution < 1.29 is 14.7 Å². The number of carboxylic acid groups (broad SMARTS) is 1. The predicted octanol–water partition coefficient (Wildman–Crippen LogP) is 3.49. The summed E-state index contributed by atoms with van der Waals surface area (Å²) in [5.74, 6) is -0.985. The largest absolute Gasteiger partial charge is 0.478 e. The predicted molar refractivity (Wildman–Crippen MR) is 106 cm³/mol. The highest BCUT2D eigenvalue weighted by Crippen LogP contribution is 2.26. The number of hydrogen-bond acceptors (Lipinski definition) is 5. The van der Waals surface area contributed by atoms with E-state index in [0.29, 0.717) is 18.7 Å². The highest BCUT2D eigenvalue weighted by molar-refractivity contribution is 7.13. The van der Waals surface area contributed by atoms with Crippen LogP contribution in [0.4, 0.5) is 0 Å². The zero-order chi connectivity index (χ0) is 19.7. The Bertz CT molecular complexity index is 1000. The molecule has 144 valence electrons. The van der Waals surface area contributed by atoms with Crippen molar-refractivity contribution in [2.24, 2.45) is 0 Å². The van der Waals surface area contributed by atoms with Crippen LogP contribution in [0.1, 0.15) is 45.3 Å². The summed E-state index contributed by atoms with van der Waals surface area (Å²) < 4.78 is 1.70. The maximum Gasteiger partial charge on any atom is 0.338 e. The molecule has 4 rings (SSSR count). The molecule has 0 spiro atoms. The third kappa shape index (κ3) is 3.55. The van der Waals surface area contributed by atoms with Crippen LogP contribution in [0.3, 0.4) is 0 Å². The summed E-state index contributed by atoms with van der Waals surface area (Å²) >= 11 is 1.63. The van der Waals surface area contributed by atoms with Gasteiger partial charge in [-0.15, -0.1) is 11.3 Å². The van der Waals surface area contributed by atoms with Gasteiger partial charge in [0, 0.05) is 19.3 Å². The Morgan fingerprint density at radius 1 is 1.21 bits per heavy atom. The van der Waals surface area contributed by atoms with E-state index in [2.05, 4.69) is 10.1 Å². The molecule has 1 aliphatic heterocycles. The lowest BCUT2D eigenvalue weighted by Crippen LogP contribution is -2.39. The summed E-state index contributed by atoms with van der Waals surface area (Å²) in [5, 5.41) is 15.2. The Balaban J connectivity index is 1.43. The van der Waals surface area contributed by atoms with Crippen molar-refractivity contribution in [3.8, 4) is 10.6 Å². The molecule has 1 aliphatic rings. The van der Waals surface area contributed by atoms with E-state index in [1.807, 2.05) is 41.5 Å². The van der Waals surface area contributed by atoms with Crippen molar-refractivity contribution in [3.63, 3.8) is 0 Å². The molecule has 1 N–H and O–H groups in total. The first kappa shape index (κ1) is 18.4. The molecule has 0 saturated carbocycles. The second-order valence-electron chi connectivity index (χ2n) is 6.84. The van der Waals surface area contributed by atoms with Crippen LogP contribution >= 0.6 is 11.3 Å². The molecule has 3 aromatic heterocycles. The van der Waals surface area contributed by atoms with Gasteiger partial charge in [0.1, 0.15) is 0 Å². The number of pyridine rings is 1. The summed E-state index contributed by atoms with van der Waals surface area (Å²) in [6, 6.07) is 7.87. The van der Waals surface area contributed by atoms with Crippen molar-refractivity contribution in [1.29, 1.82) is 0 Å². The van der Waals surface area contributed by atoms with Gasteiger partial charge < -0.3 is 10.0 Å². The maximum atomic E-state index is 12.9. The molecule has 8 heteroatoms. The number of amides is 1. The Labute approximate surface area is 166 Å². The summed E-state index contributed by atoms with van der Waals surface area (Å²) in [5.41, 5.74) is 2.43. The number of aromatic nitrogens is 3. The number of carboxylic acids is 1. The number of nitrogens with zero attached hydrogens (tertiary/aromatic N) is 4. The molecule has 0 radical (unpaired) electrons. The van der Waals surface area contributed by atoms with Crippen LogP contribution in [-0.2, 0) is 0 Å². The van der Waals surface area contributed by atoms with Crippen LogP contribution in [-0.4, -0.2) is 49.7 Å². The fourth-order valence-electron chi connectivity index (χ4n) is 3.50. The molecule has 0 bridgehead atoms. The topological polar surface area (TPSA) is 88.3 Å². The maximum absolute atomic E-state index is 12.9. The SMILES string of the molecule is Cc1nc(-c2cccs2)ccc1C(=O)N1CCC(n2cc(C(=O)O)cn2)CC1. The third-order valence-corrected chi connectivity index (χ3v) is 5.96. The molecular weight excluding hydrogens is 376 g/mol. The van der Waals surface area contributed by atoms with E-state index in [1.165, 1.54) is 6.20 Å². The van der Waals surface area contributed by atoms with Gasteiger partial charge in [-0.25, -0.2) is 4.79 Å². The van der Waals surface area contributed by atoms with E-state index in [4.69, 9.17) is 5.11 Å². The molecule has 1 fully saturated rings. The minimum absolute atomic E-state index is 0.00660. The van der Waals surface area contributed by atoms with Crippen LogP contribution in [0.25, 0.3) is 10.6 Å². The number of carbonyl (C=O) groups is 2. The van der Waals surface area contributed by atoms with E-state index >= 15 is 0 Å². The Hall–Kier alpha value is -3.00. The van der Waals surface area contributed by atoms with Gasteiger partial charge in [-0.1, -0.05) is 6.07 Å². The van der Waals surface area contributed by atoms with Crippen LogP contribution in [0.5, 0.6) is 0 Å². The molecule has 7 nitrogen and oxygen atoms in total. The van der Waals surface area contributed by atoms with Crippen molar-refractivity contribution in [2.45, 2.75) is 25.8 Å². The average molecular weight is 396 g/mol. The molecule has 28 heavy (non-hydrogen) atoms. The number of rotatable bonds is 4. The molecule has 4 heterocycles. The minimum Gasteiger partial charge on any atom is -0.478 e. The molecule has 0 aromatic carbocycles. The van der Waals surface area contributed by atoms with Crippen LogP contribution < -0.4 is 0 Å².